The van der Waals surface area contributed by atoms with E-state index in [1.807, 2.05) is 44.2 Å². The molecule has 0 aliphatic carbocycles. The highest BCUT2D eigenvalue weighted by Crippen LogP contribution is 2.38. The Balaban J connectivity index is 1.67. The molecule has 9 heteroatoms. The van der Waals surface area contributed by atoms with Crippen molar-refractivity contribution < 1.29 is 18.0 Å². The van der Waals surface area contributed by atoms with Crippen molar-refractivity contribution in [2.45, 2.75) is 58.2 Å². The van der Waals surface area contributed by atoms with Crippen LogP contribution >= 0.6 is 0 Å². The number of rotatable bonds is 4. The van der Waals surface area contributed by atoms with Gasteiger partial charge in [-0.2, -0.15) is 18.3 Å². The minimum Gasteiger partial charge on any atom is -0.321 e. The number of nitrogens with one attached hydrogen (secondary N) is 1. The van der Waals surface area contributed by atoms with E-state index in [1.165, 1.54) is 11.5 Å². The summed E-state index contributed by atoms with van der Waals surface area (Å²) in [6, 6.07) is 8.82. The smallest absolute Gasteiger partial charge is 0.321 e. The van der Waals surface area contributed by atoms with Crippen LogP contribution < -0.4 is 5.32 Å². The van der Waals surface area contributed by atoms with Gasteiger partial charge < -0.3 is 9.88 Å². The topological polar surface area (TPSA) is 64.7 Å². The molecule has 3 heterocycles. The fourth-order valence-electron chi connectivity index (χ4n) is 4.31. The number of imidazole rings is 1. The average molecular weight is 431 g/mol. The third-order valence-electron chi connectivity index (χ3n) is 5.57. The van der Waals surface area contributed by atoms with Gasteiger partial charge in [0.15, 0.2) is 5.69 Å². The van der Waals surface area contributed by atoms with E-state index in [4.69, 9.17) is 0 Å². The first-order chi connectivity index (χ1) is 14.7. The van der Waals surface area contributed by atoms with E-state index in [2.05, 4.69) is 15.4 Å². The number of aryl methyl sites for hydroxylation is 1. The maximum atomic E-state index is 13.4. The van der Waals surface area contributed by atoms with Crippen LogP contribution in [0.2, 0.25) is 0 Å². The molecule has 1 N–H and O–H groups in total. The summed E-state index contributed by atoms with van der Waals surface area (Å²) < 4.78 is 43.4. The molecule has 1 aromatic carbocycles. The Hall–Kier alpha value is -3.10. The fraction of sp³-hybridized carbons (Fsp3) is 0.409. The SMILES string of the molecule is Cc1nc(C(F)(F)F)c2n1C(C(=O)Nc1cnn(-c3ccccc3)c1C(C)C)CCC2. The van der Waals surface area contributed by atoms with Gasteiger partial charge in [0.05, 0.1) is 29.0 Å². The molecule has 1 amide bonds. The number of benzene rings is 1. The van der Waals surface area contributed by atoms with Crippen LogP contribution in [0.5, 0.6) is 0 Å². The first-order valence-corrected chi connectivity index (χ1v) is 10.3. The van der Waals surface area contributed by atoms with Crippen molar-refractivity contribution in [2.75, 3.05) is 5.32 Å². The highest BCUT2D eigenvalue weighted by Gasteiger charge is 2.41. The Labute approximate surface area is 178 Å². The molecular weight excluding hydrogens is 407 g/mol. The number of aromatic nitrogens is 4. The van der Waals surface area contributed by atoms with Crippen molar-refractivity contribution >= 4 is 11.6 Å². The lowest BCUT2D eigenvalue weighted by atomic mass is 10.00. The number of carbonyl (C=O) groups excluding carboxylic acids is 1. The van der Waals surface area contributed by atoms with Crippen LogP contribution in [0.15, 0.2) is 36.5 Å². The molecule has 1 aliphatic heterocycles. The van der Waals surface area contributed by atoms with Crippen molar-refractivity contribution in [1.29, 1.82) is 0 Å². The maximum Gasteiger partial charge on any atom is 0.435 e. The summed E-state index contributed by atoms with van der Waals surface area (Å²) in [4.78, 5) is 16.9. The highest BCUT2D eigenvalue weighted by atomic mass is 19.4. The minimum absolute atomic E-state index is 0.0618. The zero-order chi connectivity index (χ0) is 22.3. The van der Waals surface area contributed by atoms with Gasteiger partial charge in [-0.1, -0.05) is 32.0 Å². The lowest BCUT2D eigenvalue weighted by molar-refractivity contribution is -0.142. The van der Waals surface area contributed by atoms with Crippen molar-refractivity contribution in [3.8, 4) is 5.69 Å². The molecule has 1 atom stereocenters. The molecule has 0 fully saturated rings. The van der Waals surface area contributed by atoms with E-state index >= 15 is 0 Å². The minimum atomic E-state index is -4.54. The molecular formula is C22H24F3N5O. The lowest BCUT2D eigenvalue weighted by Crippen LogP contribution is -2.31. The second-order valence-electron chi connectivity index (χ2n) is 8.06. The summed E-state index contributed by atoms with van der Waals surface area (Å²) in [5, 5.41) is 7.35. The van der Waals surface area contributed by atoms with E-state index in [1.54, 1.807) is 10.9 Å². The zero-order valence-electron chi connectivity index (χ0n) is 17.6. The average Bonchev–Trinajstić information content (AvgIpc) is 3.30. The maximum absolute atomic E-state index is 13.4. The predicted molar refractivity (Wildman–Crippen MR) is 110 cm³/mol. The van der Waals surface area contributed by atoms with Crippen molar-refractivity contribution in [3.63, 3.8) is 0 Å². The van der Waals surface area contributed by atoms with Crippen LogP contribution in [0.25, 0.3) is 5.69 Å². The summed E-state index contributed by atoms with van der Waals surface area (Å²) in [7, 11) is 0. The largest absolute Gasteiger partial charge is 0.435 e. The molecule has 6 nitrogen and oxygen atoms in total. The molecule has 164 valence electrons. The number of hydrogen-bond donors (Lipinski definition) is 1. The molecule has 1 aliphatic rings. The van der Waals surface area contributed by atoms with E-state index in [0.717, 1.165) is 11.4 Å². The molecule has 2 aromatic heterocycles. The van der Waals surface area contributed by atoms with E-state index in [-0.39, 0.29) is 29.8 Å². The first-order valence-electron chi connectivity index (χ1n) is 10.3. The number of nitrogens with zero attached hydrogens (tertiary/aromatic N) is 4. The summed E-state index contributed by atoms with van der Waals surface area (Å²) >= 11 is 0. The molecule has 4 rings (SSSR count). The van der Waals surface area contributed by atoms with Crippen LogP contribution in [0.4, 0.5) is 18.9 Å². The fourth-order valence-corrected chi connectivity index (χ4v) is 4.31. The molecule has 0 bridgehead atoms. The monoisotopic (exact) mass is 431 g/mol. The van der Waals surface area contributed by atoms with Crippen LogP contribution in [-0.4, -0.2) is 25.2 Å². The highest BCUT2D eigenvalue weighted by molar-refractivity contribution is 5.94. The van der Waals surface area contributed by atoms with Crippen molar-refractivity contribution in [1.82, 2.24) is 19.3 Å². The zero-order valence-corrected chi connectivity index (χ0v) is 17.6. The number of hydrogen-bond acceptors (Lipinski definition) is 3. The van der Waals surface area contributed by atoms with Crippen LogP contribution in [-0.2, 0) is 17.4 Å². The van der Waals surface area contributed by atoms with Gasteiger partial charge in [-0.3, -0.25) is 4.79 Å². The van der Waals surface area contributed by atoms with Gasteiger partial charge in [0, 0.05) is 0 Å². The molecule has 0 saturated heterocycles. The van der Waals surface area contributed by atoms with Crippen LogP contribution in [0.1, 0.15) is 61.6 Å². The van der Waals surface area contributed by atoms with Crippen LogP contribution in [0, 0.1) is 6.92 Å². The third kappa shape index (κ3) is 3.84. The van der Waals surface area contributed by atoms with Gasteiger partial charge in [0.25, 0.3) is 0 Å². The second-order valence-corrected chi connectivity index (χ2v) is 8.06. The quantitative estimate of drug-likeness (QED) is 0.630. The Morgan fingerprint density at radius 1 is 1.23 bits per heavy atom. The Bertz CT molecular complexity index is 1100. The molecule has 3 aromatic rings. The van der Waals surface area contributed by atoms with Gasteiger partial charge in [-0.05, 0) is 44.2 Å². The van der Waals surface area contributed by atoms with Gasteiger partial charge >= 0.3 is 6.18 Å². The number of alkyl halides is 3. The predicted octanol–water partition coefficient (Wildman–Crippen LogP) is 5.04. The second kappa shape index (κ2) is 7.86. The molecule has 31 heavy (non-hydrogen) atoms. The van der Waals surface area contributed by atoms with Crippen molar-refractivity contribution in [3.05, 3.63) is 59.4 Å². The normalized spacial score (nSPS) is 16.4. The van der Waals surface area contributed by atoms with E-state index in [9.17, 15) is 18.0 Å². The summed E-state index contributed by atoms with van der Waals surface area (Å²) in [5.74, 6) is -0.0948. The summed E-state index contributed by atoms with van der Waals surface area (Å²) in [6.45, 7) is 5.51. The van der Waals surface area contributed by atoms with Gasteiger partial charge in [-0.15, -0.1) is 0 Å². The number of anilines is 1. The molecule has 1 unspecified atom stereocenters. The van der Waals surface area contributed by atoms with Crippen LogP contribution in [0.3, 0.4) is 0 Å². The molecule has 0 saturated carbocycles. The van der Waals surface area contributed by atoms with E-state index in [0.29, 0.717) is 18.5 Å². The Morgan fingerprint density at radius 2 is 1.94 bits per heavy atom. The molecule has 0 radical (unpaired) electrons. The van der Waals surface area contributed by atoms with Crippen molar-refractivity contribution in [2.24, 2.45) is 0 Å². The first kappa shape index (κ1) is 21.1. The van der Waals surface area contributed by atoms with Gasteiger partial charge in [0.1, 0.15) is 11.9 Å². The number of amides is 1. The van der Waals surface area contributed by atoms with Gasteiger partial charge in [0.2, 0.25) is 5.91 Å². The summed E-state index contributed by atoms with van der Waals surface area (Å²) in [5.41, 5.74) is 1.45. The number of halogens is 3. The number of para-hydroxylation sites is 1. The summed E-state index contributed by atoms with van der Waals surface area (Å²) in [6.07, 6.45) is -1.75. The Kier molecular flexibility index (Phi) is 5.36. The number of fused-ring (bicyclic) bond motifs is 1. The number of carbonyl (C=O) groups is 1. The van der Waals surface area contributed by atoms with E-state index < -0.39 is 17.9 Å². The van der Waals surface area contributed by atoms with Gasteiger partial charge in [-0.25, -0.2) is 9.67 Å². The third-order valence-corrected chi connectivity index (χ3v) is 5.57. The standard InChI is InChI=1S/C22H24F3N5O/c1-13(2)19-16(12-26-30(19)15-8-5-4-6-9-15)28-21(31)18-11-7-10-17-20(22(23,24)25)27-14(3)29(17)18/h4-6,8-9,12-13,18H,7,10-11H2,1-3H3,(H,28,31). The molecule has 0 spiro atoms. The lowest BCUT2D eigenvalue weighted by Gasteiger charge is -2.26. The Morgan fingerprint density at radius 3 is 2.58 bits per heavy atom.